The van der Waals surface area contributed by atoms with Gasteiger partial charge in [-0.3, -0.25) is 0 Å². The summed E-state index contributed by atoms with van der Waals surface area (Å²) in [6.07, 6.45) is 3.11. The van der Waals surface area contributed by atoms with Crippen molar-refractivity contribution < 1.29 is 31.9 Å². The van der Waals surface area contributed by atoms with Gasteiger partial charge in [0, 0.05) is 18.2 Å². The third-order valence-corrected chi connectivity index (χ3v) is 5.32. The zero-order valence-corrected chi connectivity index (χ0v) is 18.4. The van der Waals surface area contributed by atoms with E-state index in [0.717, 1.165) is 16.2 Å². The zero-order chi connectivity index (χ0) is 23.8. The molecule has 0 saturated carbocycles. The molecule has 34 heavy (non-hydrogen) atoms. The Morgan fingerprint density at radius 2 is 1.12 bits per heavy atom. The molecule has 6 aromatic rings. The van der Waals surface area contributed by atoms with Crippen LogP contribution in [0.1, 0.15) is 0 Å². The van der Waals surface area contributed by atoms with Gasteiger partial charge < -0.3 is 31.9 Å². The lowest BCUT2D eigenvalue weighted by Gasteiger charge is -2.09. The molecule has 0 fully saturated rings. The number of benzene rings is 2. The van der Waals surface area contributed by atoms with Crippen LogP contribution in [-0.4, -0.2) is 21.3 Å². The summed E-state index contributed by atoms with van der Waals surface area (Å²) >= 11 is 0. The fraction of sp³-hybridized carbons (Fsp3) is 0.120. The van der Waals surface area contributed by atoms with Crippen LogP contribution in [0.5, 0.6) is 17.2 Å². The van der Waals surface area contributed by atoms with Gasteiger partial charge in [0.1, 0.15) is 22.7 Å². The van der Waals surface area contributed by atoms with Crippen molar-refractivity contribution in [3.05, 3.63) is 75.8 Å². The van der Waals surface area contributed by atoms with Crippen LogP contribution in [0.25, 0.3) is 43.9 Å². The molecule has 0 spiro atoms. The van der Waals surface area contributed by atoms with Crippen molar-refractivity contribution in [1.82, 2.24) is 0 Å². The molecule has 4 aromatic heterocycles. The normalized spacial score (nSPS) is 11.0. The van der Waals surface area contributed by atoms with Crippen molar-refractivity contribution in [2.24, 2.45) is 0 Å². The molecule has 4 heterocycles. The van der Waals surface area contributed by atoms with Gasteiger partial charge >= 0.3 is 11.3 Å². The Morgan fingerprint density at radius 3 is 1.85 bits per heavy atom. The van der Waals surface area contributed by atoms with E-state index in [2.05, 4.69) is 0 Å². The predicted octanol–water partition coefficient (Wildman–Crippen LogP) is 5.10. The summed E-state index contributed by atoms with van der Waals surface area (Å²) in [4.78, 5) is 22.5. The maximum absolute atomic E-state index is 11.3. The molecule has 6 rings (SSSR count). The summed E-state index contributed by atoms with van der Waals surface area (Å²) in [5, 5.41) is 3.07. The van der Waals surface area contributed by atoms with Gasteiger partial charge in [0.2, 0.25) is 5.75 Å². The highest BCUT2D eigenvalue weighted by molar-refractivity contribution is 6.06. The van der Waals surface area contributed by atoms with E-state index in [0.29, 0.717) is 45.0 Å². The van der Waals surface area contributed by atoms with Gasteiger partial charge in [0.25, 0.3) is 0 Å². The van der Waals surface area contributed by atoms with Crippen molar-refractivity contribution in [2.45, 2.75) is 0 Å². The molecule has 0 bridgehead atoms. The highest BCUT2D eigenvalue weighted by Crippen LogP contribution is 2.42. The van der Waals surface area contributed by atoms with Crippen molar-refractivity contribution >= 4 is 43.9 Å². The van der Waals surface area contributed by atoms with E-state index in [4.69, 9.17) is 31.9 Å². The van der Waals surface area contributed by atoms with Crippen LogP contribution in [0.15, 0.2) is 82.2 Å². The van der Waals surface area contributed by atoms with Crippen molar-refractivity contribution in [3.63, 3.8) is 0 Å². The van der Waals surface area contributed by atoms with E-state index in [-0.39, 0.29) is 5.63 Å². The van der Waals surface area contributed by atoms with Gasteiger partial charge in [0.05, 0.1) is 55.4 Å². The first kappa shape index (κ1) is 21.2. The Labute approximate surface area is 190 Å². The van der Waals surface area contributed by atoms with Crippen molar-refractivity contribution in [2.75, 3.05) is 21.3 Å². The summed E-state index contributed by atoms with van der Waals surface area (Å²) in [5.41, 5.74) is 1.08. The lowest BCUT2D eigenvalue weighted by molar-refractivity contribution is 0.398. The van der Waals surface area contributed by atoms with Crippen LogP contribution in [0, 0.1) is 0 Å². The highest BCUT2D eigenvalue weighted by atomic mass is 16.5. The van der Waals surface area contributed by atoms with E-state index < -0.39 is 5.63 Å². The van der Waals surface area contributed by atoms with Gasteiger partial charge in [-0.25, -0.2) is 9.59 Å². The number of ether oxygens (including phenoxy) is 3. The zero-order valence-electron chi connectivity index (χ0n) is 18.4. The van der Waals surface area contributed by atoms with Gasteiger partial charge in [-0.15, -0.1) is 0 Å². The maximum Gasteiger partial charge on any atom is 0.336 e. The molecule has 0 atom stereocenters. The summed E-state index contributed by atoms with van der Waals surface area (Å²) in [7, 11) is 4.63. The Morgan fingerprint density at radius 1 is 0.559 bits per heavy atom. The molecule has 0 N–H and O–H groups in total. The number of methoxy groups -OCH3 is 3. The Balaban J connectivity index is 0.000000142. The number of hydrogen-bond acceptors (Lipinski definition) is 9. The van der Waals surface area contributed by atoms with Gasteiger partial charge in [-0.1, -0.05) is 0 Å². The fourth-order valence-electron chi connectivity index (χ4n) is 3.91. The van der Waals surface area contributed by atoms with Crippen LogP contribution in [0.3, 0.4) is 0 Å². The quantitative estimate of drug-likeness (QED) is 0.331. The van der Waals surface area contributed by atoms with Gasteiger partial charge in [-0.2, -0.15) is 0 Å². The van der Waals surface area contributed by atoms with E-state index in [9.17, 15) is 9.59 Å². The summed E-state index contributed by atoms with van der Waals surface area (Å²) in [6, 6.07) is 11.3. The molecule has 2 aromatic carbocycles. The minimum absolute atomic E-state index is 0.323. The summed E-state index contributed by atoms with van der Waals surface area (Å²) < 4.78 is 36.8. The second-order valence-corrected chi connectivity index (χ2v) is 7.14. The SMILES string of the molecule is COc1c2ccoc2c(OC)c2oc(=O)ccc12.COc1c2ccoc2cc2oc(=O)ccc12. The van der Waals surface area contributed by atoms with Crippen LogP contribution in [0.4, 0.5) is 0 Å². The first-order chi connectivity index (χ1) is 16.5. The average Bonchev–Trinajstić information content (AvgIpc) is 3.51. The minimum Gasteiger partial charge on any atom is -0.495 e. The third-order valence-electron chi connectivity index (χ3n) is 5.32. The molecule has 0 aliphatic carbocycles. The van der Waals surface area contributed by atoms with E-state index in [1.165, 1.54) is 25.5 Å². The smallest absolute Gasteiger partial charge is 0.336 e. The molecule has 172 valence electrons. The largest absolute Gasteiger partial charge is 0.495 e. The topological polar surface area (TPSA) is 114 Å². The second-order valence-electron chi connectivity index (χ2n) is 7.14. The third kappa shape index (κ3) is 3.34. The van der Waals surface area contributed by atoms with Crippen LogP contribution in [-0.2, 0) is 0 Å². The second kappa shape index (κ2) is 8.36. The Kier molecular flexibility index (Phi) is 5.21. The number of fused-ring (bicyclic) bond motifs is 4. The molecule has 0 aliphatic heterocycles. The Hall–Kier alpha value is -4.66. The van der Waals surface area contributed by atoms with Crippen molar-refractivity contribution in [1.29, 1.82) is 0 Å². The molecule has 9 nitrogen and oxygen atoms in total. The van der Waals surface area contributed by atoms with Crippen LogP contribution >= 0.6 is 0 Å². The monoisotopic (exact) mass is 462 g/mol. The van der Waals surface area contributed by atoms with E-state index >= 15 is 0 Å². The number of furan rings is 2. The molecule has 0 saturated heterocycles. The molecule has 0 unspecified atom stereocenters. The van der Waals surface area contributed by atoms with Gasteiger partial charge in [0.15, 0.2) is 11.2 Å². The lowest BCUT2D eigenvalue weighted by atomic mass is 10.1. The first-order valence-electron chi connectivity index (χ1n) is 10.1. The average molecular weight is 462 g/mol. The number of rotatable bonds is 3. The highest BCUT2D eigenvalue weighted by Gasteiger charge is 2.19. The van der Waals surface area contributed by atoms with E-state index in [1.54, 1.807) is 44.7 Å². The molecule has 0 radical (unpaired) electrons. The maximum atomic E-state index is 11.3. The molecular formula is C25H18O9. The Bertz CT molecular complexity index is 1760. The molecule has 0 aliphatic rings. The molecule has 0 amide bonds. The predicted molar refractivity (Wildman–Crippen MR) is 124 cm³/mol. The lowest BCUT2D eigenvalue weighted by Crippen LogP contribution is -1.98. The standard InChI is InChI=1S/C13H10O5.C12H8O4/c1-15-10-7-3-4-9(14)18-12(7)13(16-2)11-8(10)5-6-17-11;1-14-12-7-2-3-11(13)16-10(7)6-9-8(12)4-5-15-9/h3-6H,1-2H3;2-6H,1H3. The summed E-state index contributed by atoms with van der Waals surface area (Å²) in [6.45, 7) is 0. The van der Waals surface area contributed by atoms with Crippen molar-refractivity contribution in [3.8, 4) is 17.2 Å². The van der Waals surface area contributed by atoms with Gasteiger partial charge in [-0.05, 0) is 24.3 Å². The minimum atomic E-state index is -0.450. The fourth-order valence-corrected chi connectivity index (χ4v) is 3.91. The summed E-state index contributed by atoms with van der Waals surface area (Å²) in [5.74, 6) is 1.65. The van der Waals surface area contributed by atoms with E-state index in [1.807, 2.05) is 6.07 Å². The number of hydrogen-bond donors (Lipinski definition) is 0. The first-order valence-corrected chi connectivity index (χ1v) is 10.1. The molecular weight excluding hydrogens is 444 g/mol. The molecule has 9 heteroatoms. The van der Waals surface area contributed by atoms with Crippen LogP contribution < -0.4 is 25.5 Å². The van der Waals surface area contributed by atoms with Crippen LogP contribution in [0.2, 0.25) is 0 Å².